The summed E-state index contributed by atoms with van der Waals surface area (Å²) < 4.78 is 39.8. The molecule has 0 heterocycles. The Balaban J connectivity index is 2.11. The summed E-state index contributed by atoms with van der Waals surface area (Å²) >= 11 is 5.77. The van der Waals surface area contributed by atoms with Crippen LogP contribution in [0.5, 0.6) is 5.75 Å². The maximum atomic E-state index is 12.0. The number of halogens is 4. The molecule has 2 aromatic rings. The first-order valence-electron chi connectivity index (χ1n) is 5.51. The molecule has 0 aromatic heterocycles. The Kier molecular flexibility index (Phi) is 3.94. The summed E-state index contributed by atoms with van der Waals surface area (Å²) in [6.45, 7) is 0. The molecular formula is C13H10ClF3N2O. The topological polar surface area (TPSA) is 47.3 Å². The summed E-state index contributed by atoms with van der Waals surface area (Å²) in [5, 5.41) is 3.47. The van der Waals surface area contributed by atoms with Crippen LogP contribution >= 0.6 is 11.6 Å². The van der Waals surface area contributed by atoms with Gasteiger partial charge in [-0.05, 0) is 42.5 Å². The van der Waals surface area contributed by atoms with E-state index in [2.05, 4.69) is 10.1 Å². The normalized spacial score (nSPS) is 11.2. The fourth-order valence-electron chi connectivity index (χ4n) is 1.54. The number of anilines is 3. The maximum absolute atomic E-state index is 12.0. The molecule has 0 aliphatic heterocycles. The van der Waals surface area contributed by atoms with E-state index >= 15 is 0 Å². The third-order valence-corrected chi connectivity index (χ3v) is 2.62. The number of hydrogen-bond acceptors (Lipinski definition) is 3. The van der Waals surface area contributed by atoms with Crippen molar-refractivity contribution in [1.82, 2.24) is 0 Å². The molecule has 0 aliphatic rings. The van der Waals surface area contributed by atoms with Crippen LogP contribution in [0.2, 0.25) is 5.02 Å². The molecule has 3 nitrogen and oxygen atoms in total. The first-order chi connectivity index (χ1) is 9.33. The van der Waals surface area contributed by atoms with Crippen LogP contribution in [-0.2, 0) is 0 Å². The monoisotopic (exact) mass is 302 g/mol. The summed E-state index contributed by atoms with van der Waals surface area (Å²) in [7, 11) is 0. The van der Waals surface area contributed by atoms with Gasteiger partial charge in [-0.2, -0.15) is 0 Å². The Morgan fingerprint density at radius 3 is 2.25 bits per heavy atom. The molecule has 3 N–H and O–H groups in total. The molecule has 0 atom stereocenters. The first kappa shape index (κ1) is 14.3. The fourth-order valence-corrected chi connectivity index (χ4v) is 1.72. The molecule has 20 heavy (non-hydrogen) atoms. The van der Waals surface area contributed by atoms with Gasteiger partial charge in [-0.3, -0.25) is 0 Å². The highest BCUT2D eigenvalue weighted by molar-refractivity contribution is 6.31. The van der Waals surface area contributed by atoms with Crippen molar-refractivity contribution in [1.29, 1.82) is 0 Å². The average Bonchev–Trinajstić information content (AvgIpc) is 2.33. The molecular weight excluding hydrogens is 293 g/mol. The second-order valence-electron chi connectivity index (χ2n) is 3.93. The molecule has 7 heteroatoms. The Morgan fingerprint density at radius 1 is 1.05 bits per heavy atom. The molecule has 0 bridgehead atoms. The van der Waals surface area contributed by atoms with Gasteiger partial charge in [-0.25, -0.2) is 0 Å². The van der Waals surface area contributed by atoms with Crippen molar-refractivity contribution in [3.05, 3.63) is 47.5 Å². The summed E-state index contributed by atoms with van der Waals surface area (Å²) in [6, 6.07) is 10.2. The van der Waals surface area contributed by atoms with Crippen LogP contribution in [0.25, 0.3) is 0 Å². The minimum Gasteiger partial charge on any atom is -0.406 e. The van der Waals surface area contributed by atoms with Crippen LogP contribution in [0.4, 0.5) is 30.2 Å². The Labute approximate surface area is 118 Å². The highest BCUT2D eigenvalue weighted by atomic mass is 35.5. The zero-order valence-electron chi connectivity index (χ0n) is 10.0. The van der Waals surface area contributed by atoms with Crippen LogP contribution < -0.4 is 15.8 Å². The SMILES string of the molecule is Nc1cc(Cl)ccc1Nc1ccc(OC(F)(F)F)cc1. The van der Waals surface area contributed by atoms with Gasteiger partial charge >= 0.3 is 6.36 Å². The second-order valence-corrected chi connectivity index (χ2v) is 4.37. The molecule has 106 valence electrons. The second kappa shape index (κ2) is 5.50. The number of nitrogens with one attached hydrogen (secondary N) is 1. The van der Waals surface area contributed by atoms with E-state index in [1.807, 2.05) is 0 Å². The van der Waals surface area contributed by atoms with Gasteiger partial charge in [0, 0.05) is 10.7 Å². The van der Waals surface area contributed by atoms with Crippen LogP contribution in [0.3, 0.4) is 0 Å². The molecule has 0 fully saturated rings. The van der Waals surface area contributed by atoms with Gasteiger partial charge in [-0.1, -0.05) is 11.6 Å². The fraction of sp³-hybridized carbons (Fsp3) is 0.0769. The van der Waals surface area contributed by atoms with Gasteiger partial charge in [0.2, 0.25) is 0 Å². The maximum Gasteiger partial charge on any atom is 0.573 e. The zero-order valence-corrected chi connectivity index (χ0v) is 10.8. The number of rotatable bonds is 3. The van der Waals surface area contributed by atoms with E-state index in [4.69, 9.17) is 17.3 Å². The van der Waals surface area contributed by atoms with Gasteiger partial charge in [0.25, 0.3) is 0 Å². The quantitative estimate of drug-likeness (QED) is 0.817. The van der Waals surface area contributed by atoms with Crippen LogP contribution in [0.15, 0.2) is 42.5 Å². The average molecular weight is 303 g/mol. The molecule has 0 saturated heterocycles. The minimum atomic E-state index is -4.70. The smallest absolute Gasteiger partial charge is 0.406 e. The van der Waals surface area contributed by atoms with Crippen molar-refractivity contribution in [3.8, 4) is 5.75 Å². The third-order valence-electron chi connectivity index (χ3n) is 2.38. The highest BCUT2D eigenvalue weighted by Crippen LogP contribution is 2.28. The van der Waals surface area contributed by atoms with Crippen LogP contribution in [-0.4, -0.2) is 6.36 Å². The molecule has 0 spiro atoms. The molecule has 2 rings (SSSR count). The number of nitrogens with two attached hydrogens (primary N) is 1. The van der Waals surface area contributed by atoms with Crippen molar-refractivity contribution < 1.29 is 17.9 Å². The Bertz CT molecular complexity index is 600. The largest absolute Gasteiger partial charge is 0.573 e. The number of hydrogen-bond donors (Lipinski definition) is 2. The Hall–Kier alpha value is -2.08. The van der Waals surface area contributed by atoms with E-state index in [1.165, 1.54) is 24.3 Å². The predicted molar refractivity (Wildman–Crippen MR) is 72.3 cm³/mol. The van der Waals surface area contributed by atoms with Crippen molar-refractivity contribution in [2.75, 3.05) is 11.1 Å². The van der Waals surface area contributed by atoms with Gasteiger partial charge in [0.1, 0.15) is 5.75 Å². The van der Waals surface area contributed by atoms with E-state index in [1.54, 1.807) is 18.2 Å². The van der Waals surface area contributed by atoms with Gasteiger partial charge in [-0.15, -0.1) is 13.2 Å². The third kappa shape index (κ3) is 3.96. The highest BCUT2D eigenvalue weighted by Gasteiger charge is 2.30. The number of benzene rings is 2. The number of ether oxygens (including phenoxy) is 1. The summed E-state index contributed by atoms with van der Waals surface area (Å²) in [6.07, 6.45) is -4.70. The van der Waals surface area contributed by atoms with E-state index in [0.29, 0.717) is 22.1 Å². The van der Waals surface area contributed by atoms with E-state index in [-0.39, 0.29) is 5.75 Å². The number of alkyl halides is 3. The van der Waals surface area contributed by atoms with Crippen molar-refractivity contribution >= 4 is 28.7 Å². The molecule has 2 aromatic carbocycles. The number of nitrogen functional groups attached to an aromatic ring is 1. The van der Waals surface area contributed by atoms with Crippen LogP contribution in [0.1, 0.15) is 0 Å². The molecule has 0 unspecified atom stereocenters. The van der Waals surface area contributed by atoms with Crippen molar-refractivity contribution in [2.45, 2.75) is 6.36 Å². The van der Waals surface area contributed by atoms with Crippen LogP contribution in [0, 0.1) is 0 Å². The van der Waals surface area contributed by atoms with E-state index < -0.39 is 6.36 Å². The molecule has 0 amide bonds. The van der Waals surface area contributed by atoms with Crippen molar-refractivity contribution in [3.63, 3.8) is 0 Å². The lowest BCUT2D eigenvalue weighted by Crippen LogP contribution is -2.16. The summed E-state index contributed by atoms with van der Waals surface area (Å²) in [5.41, 5.74) is 7.39. The summed E-state index contributed by atoms with van der Waals surface area (Å²) in [5.74, 6) is -0.285. The summed E-state index contributed by atoms with van der Waals surface area (Å²) in [4.78, 5) is 0. The molecule has 0 radical (unpaired) electrons. The molecule has 0 saturated carbocycles. The van der Waals surface area contributed by atoms with Gasteiger partial charge < -0.3 is 15.8 Å². The molecule has 0 aliphatic carbocycles. The first-order valence-corrected chi connectivity index (χ1v) is 5.89. The lowest BCUT2D eigenvalue weighted by molar-refractivity contribution is -0.274. The standard InChI is InChI=1S/C13H10ClF3N2O/c14-8-1-6-12(11(18)7-8)19-9-2-4-10(5-3-9)20-13(15,16)17/h1-7,19H,18H2. The zero-order chi connectivity index (χ0) is 14.8. The van der Waals surface area contributed by atoms with Crippen molar-refractivity contribution in [2.24, 2.45) is 0 Å². The van der Waals surface area contributed by atoms with E-state index in [9.17, 15) is 13.2 Å². The van der Waals surface area contributed by atoms with Gasteiger partial charge in [0.05, 0.1) is 11.4 Å². The lowest BCUT2D eigenvalue weighted by atomic mass is 10.2. The lowest BCUT2D eigenvalue weighted by Gasteiger charge is -2.11. The minimum absolute atomic E-state index is 0.285. The van der Waals surface area contributed by atoms with E-state index in [0.717, 1.165) is 0 Å². The predicted octanol–water partition coefficient (Wildman–Crippen LogP) is 4.56. The van der Waals surface area contributed by atoms with Gasteiger partial charge in [0.15, 0.2) is 0 Å². The Morgan fingerprint density at radius 2 is 1.70 bits per heavy atom.